The maximum absolute atomic E-state index is 12.6. The summed E-state index contributed by atoms with van der Waals surface area (Å²) in [5.41, 5.74) is 0.115. The zero-order valence-electron chi connectivity index (χ0n) is 11.9. The number of hydrogen-bond donors (Lipinski definition) is 1. The van der Waals surface area contributed by atoms with Gasteiger partial charge in [0, 0.05) is 24.6 Å². The van der Waals surface area contributed by atoms with Crippen LogP contribution in [0.2, 0.25) is 0 Å². The Balaban J connectivity index is 2.63. The van der Waals surface area contributed by atoms with Gasteiger partial charge in [0.1, 0.15) is 0 Å². The van der Waals surface area contributed by atoms with E-state index in [0.717, 1.165) is 37.5 Å². The molecule has 0 radical (unpaired) electrons. The Bertz CT molecular complexity index is 433. The lowest BCUT2D eigenvalue weighted by Crippen LogP contribution is -2.31. The maximum atomic E-state index is 12.6. The fourth-order valence-electron chi connectivity index (χ4n) is 1.75. The van der Waals surface area contributed by atoms with Crippen molar-refractivity contribution in [3.8, 4) is 0 Å². The van der Waals surface area contributed by atoms with E-state index in [0.29, 0.717) is 10.4 Å². The summed E-state index contributed by atoms with van der Waals surface area (Å²) in [4.78, 5) is 1.93. The predicted octanol–water partition coefficient (Wildman–Crippen LogP) is 4.15. The highest BCUT2D eigenvalue weighted by atomic mass is 79.9. The van der Waals surface area contributed by atoms with Crippen LogP contribution in [0, 0.1) is 5.92 Å². The highest BCUT2D eigenvalue weighted by Crippen LogP contribution is 2.34. The third-order valence-electron chi connectivity index (χ3n) is 2.86. The number of alkyl halides is 3. The average molecular weight is 353 g/mol. The van der Waals surface area contributed by atoms with Crippen molar-refractivity contribution >= 4 is 21.6 Å². The molecule has 0 spiro atoms. The minimum absolute atomic E-state index is 0.457. The van der Waals surface area contributed by atoms with E-state index in [-0.39, 0.29) is 0 Å². The molecule has 2 nitrogen and oxygen atoms in total. The maximum Gasteiger partial charge on any atom is 0.416 e. The minimum Gasteiger partial charge on any atom is -0.372 e. The number of nitrogens with one attached hydrogen (secondary N) is 1. The molecule has 0 aliphatic rings. The van der Waals surface area contributed by atoms with Gasteiger partial charge in [-0.3, -0.25) is 0 Å². The molecule has 0 saturated carbocycles. The normalized spacial score (nSPS) is 12.0. The van der Waals surface area contributed by atoms with E-state index in [9.17, 15) is 13.2 Å². The first-order chi connectivity index (χ1) is 9.21. The van der Waals surface area contributed by atoms with Crippen LogP contribution in [0.15, 0.2) is 22.7 Å². The van der Waals surface area contributed by atoms with Crippen molar-refractivity contribution in [2.45, 2.75) is 20.0 Å². The van der Waals surface area contributed by atoms with Gasteiger partial charge >= 0.3 is 6.18 Å². The molecule has 0 unspecified atom stereocenters. The zero-order chi connectivity index (χ0) is 15.3. The fraction of sp³-hybridized carbons (Fsp3) is 0.571. The molecule has 1 N–H and O–H groups in total. The van der Waals surface area contributed by atoms with Gasteiger partial charge in [-0.05, 0) is 46.6 Å². The lowest BCUT2D eigenvalue weighted by molar-refractivity contribution is -0.137. The smallest absolute Gasteiger partial charge is 0.372 e. The molecule has 0 atom stereocenters. The van der Waals surface area contributed by atoms with Gasteiger partial charge < -0.3 is 10.2 Å². The van der Waals surface area contributed by atoms with Gasteiger partial charge in [0.15, 0.2) is 0 Å². The van der Waals surface area contributed by atoms with Crippen molar-refractivity contribution in [3.05, 3.63) is 28.2 Å². The average Bonchev–Trinajstić information content (AvgIpc) is 2.32. The third-order valence-corrected chi connectivity index (χ3v) is 3.50. The van der Waals surface area contributed by atoms with Gasteiger partial charge in [0.05, 0.1) is 11.3 Å². The molecule has 0 saturated heterocycles. The van der Waals surface area contributed by atoms with Gasteiger partial charge in [-0.25, -0.2) is 0 Å². The molecule has 20 heavy (non-hydrogen) atoms. The number of rotatable bonds is 6. The van der Waals surface area contributed by atoms with E-state index < -0.39 is 11.7 Å². The molecular weight excluding hydrogens is 333 g/mol. The minimum atomic E-state index is -4.31. The Labute approximate surface area is 126 Å². The van der Waals surface area contributed by atoms with E-state index in [4.69, 9.17) is 0 Å². The predicted molar refractivity (Wildman–Crippen MR) is 80.1 cm³/mol. The number of anilines is 1. The Kier molecular flexibility index (Phi) is 6.33. The second-order valence-electron chi connectivity index (χ2n) is 5.18. The Morgan fingerprint density at radius 2 is 1.95 bits per heavy atom. The molecule has 1 aromatic rings. The van der Waals surface area contributed by atoms with Gasteiger partial charge in [0.2, 0.25) is 0 Å². The summed E-state index contributed by atoms with van der Waals surface area (Å²) in [5, 5.41) is 3.30. The molecule has 1 aromatic carbocycles. The number of benzene rings is 1. The first-order valence-corrected chi connectivity index (χ1v) is 7.29. The molecule has 0 aromatic heterocycles. The molecule has 0 amide bonds. The quantitative estimate of drug-likeness (QED) is 0.773. The van der Waals surface area contributed by atoms with Crippen LogP contribution in [0.3, 0.4) is 0 Å². The first-order valence-electron chi connectivity index (χ1n) is 6.50. The van der Waals surface area contributed by atoms with Crippen molar-refractivity contribution in [3.63, 3.8) is 0 Å². The second-order valence-corrected chi connectivity index (χ2v) is 6.04. The highest BCUT2D eigenvalue weighted by molar-refractivity contribution is 9.10. The summed E-state index contributed by atoms with van der Waals surface area (Å²) in [7, 11) is 1.87. The topological polar surface area (TPSA) is 15.3 Å². The van der Waals surface area contributed by atoms with Gasteiger partial charge in [0.25, 0.3) is 0 Å². The van der Waals surface area contributed by atoms with Crippen molar-refractivity contribution in [1.29, 1.82) is 0 Å². The number of halogens is 4. The van der Waals surface area contributed by atoms with Crippen LogP contribution >= 0.6 is 15.9 Å². The Hall–Kier alpha value is -0.750. The van der Waals surface area contributed by atoms with E-state index in [1.807, 2.05) is 11.9 Å². The summed E-state index contributed by atoms with van der Waals surface area (Å²) < 4.78 is 38.2. The van der Waals surface area contributed by atoms with Gasteiger partial charge in [-0.2, -0.15) is 13.2 Å². The standard InChI is InChI=1S/C14H20BrF3N2/c1-10(2)9-19-6-7-20(3)13-5-4-11(8-12(13)15)14(16,17)18/h4-5,8,10,19H,6-7,9H2,1-3H3. The van der Waals surface area contributed by atoms with Crippen LogP contribution in [0.1, 0.15) is 19.4 Å². The monoisotopic (exact) mass is 352 g/mol. The highest BCUT2D eigenvalue weighted by Gasteiger charge is 2.30. The van der Waals surface area contributed by atoms with Gasteiger partial charge in [-0.1, -0.05) is 13.8 Å². The van der Waals surface area contributed by atoms with E-state index >= 15 is 0 Å². The van der Waals surface area contributed by atoms with Crippen molar-refractivity contribution in [2.24, 2.45) is 5.92 Å². The van der Waals surface area contributed by atoms with Crippen LogP contribution < -0.4 is 10.2 Å². The molecule has 0 bridgehead atoms. The van der Waals surface area contributed by atoms with Gasteiger partial charge in [-0.15, -0.1) is 0 Å². The number of hydrogen-bond acceptors (Lipinski definition) is 2. The molecule has 0 fully saturated rings. The molecule has 1 rings (SSSR count). The summed E-state index contributed by atoms with van der Waals surface area (Å²) in [6.45, 7) is 6.72. The lowest BCUT2D eigenvalue weighted by Gasteiger charge is -2.22. The number of nitrogens with zero attached hydrogens (tertiary/aromatic N) is 1. The molecule has 0 heterocycles. The fourth-order valence-corrected chi connectivity index (χ4v) is 2.43. The van der Waals surface area contributed by atoms with Crippen LogP contribution in [-0.4, -0.2) is 26.7 Å². The van der Waals surface area contributed by atoms with Crippen molar-refractivity contribution in [1.82, 2.24) is 5.32 Å². The summed E-state index contributed by atoms with van der Waals surface area (Å²) in [6, 6.07) is 3.72. The molecule has 114 valence electrons. The number of likely N-dealkylation sites (N-methyl/N-ethyl adjacent to an activating group) is 1. The van der Waals surface area contributed by atoms with Crippen LogP contribution in [0.4, 0.5) is 18.9 Å². The van der Waals surface area contributed by atoms with Crippen molar-refractivity contribution < 1.29 is 13.2 Å². The summed E-state index contributed by atoms with van der Waals surface area (Å²) >= 11 is 3.21. The van der Waals surface area contributed by atoms with Crippen LogP contribution in [0.25, 0.3) is 0 Å². The lowest BCUT2D eigenvalue weighted by atomic mass is 10.2. The van der Waals surface area contributed by atoms with Crippen molar-refractivity contribution in [2.75, 3.05) is 31.6 Å². The molecule has 0 aliphatic carbocycles. The second kappa shape index (κ2) is 7.31. The summed E-state index contributed by atoms with van der Waals surface area (Å²) in [6.07, 6.45) is -4.31. The van der Waals surface area contributed by atoms with Crippen LogP contribution in [-0.2, 0) is 6.18 Å². The Morgan fingerprint density at radius 3 is 2.45 bits per heavy atom. The van der Waals surface area contributed by atoms with E-state index in [1.165, 1.54) is 6.07 Å². The third kappa shape index (κ3) is 5.32. The Morgan fingerprint density at radius 1 is 1.30 bits per heavy atom. The van der Waals surface area contributed by atoms with Crippen LogP contribution in [0.5, 0.6) is 0 Å². The molecular formula is C14H20BrF3N2. The largest absolute Gasteiger partial charge is 0.416 e. The van der Waals surface area contributed by atoms with E-state index in [1.54, 1.807) is 0 Å². The molecule has 0 aliphatic heterocycles. The first kappa shape index (κ1) is 17.3. The summed E-state index contributed by atoms with van der Waals surface area (Å²) in [5.74, 6) is 0.582. The SMILES string of the molecule is CC(C)CNCCN(C)c1ccc(C(F)(F)F)cc1Br. The molecule has 6 heteroatoms. The van der Waals surface area contributed by atoms with E-state index in [2.05, 4.69) is 35.1 Å². The zero-order valence-corrected chi connectivity index (χ0v) is 13.5.